The van der Waals surface area contributed by atoms with Gasteiger partial charge in [-0.2, -0.15) is 0 Å². The highest BCUT2D eigenvalue weighted by Gasteiger charge is 2.22. The normalized spacial score (nSPS) is 12.7. The Balaban J connectivity index is 2.63. The van der Waals surface area contributed by atoms with Gasteiger partial charge in [-0.05, 0) is 19.9 Å². The Hall–Kier alpha value is -2.97. The molecule has 0 fully saturated rings. The summed E-state index contributed by atoms with van der Waals surface area (Å²) in [6, 6.07) is 4.48. The summed E-state index contributed by atoms with van der Waals surface area (Å²) in [7, 11) is 0. The quantitative estimate of drug-likeness (QED) is 0.456. The predicted octanol–water partition coefficient (Wildman–Crippen LogP) is 0.990. The Labute approximate surface area is 132 Å². The molecule has 2 atom stereocenters. The minimum atomic E-state index is -1.13. The summed E-state index contributed by atoms with van der Waals surface area (Å²) >= 11 is 0. The van der Waals surface area contributed by atoms with E-state index in [9.17, 15) is 24.5 Å². The second-order valence-corrected chi connectivity index (χ2v) is 4.80. The molecule has 0 unspecified atom stereocenters. The van der Waals surface area contributed by atoms with Crippen molar-refractivity contribution in [2.24, 2.45) is 0 Å². The number of carbonyl (C=O) groups excluding carboxylic acids is 3. The van der Waals surface area contributed by atoms with Crippen LogP contribution >= 0.6 is 0 Å². The maximum absolute atomic E-state index is 11.9. The number of anilines is 1. The molecule has 0 saturated carbocycles. The van der Waals surface area contributed by atoms with E-state index in [1.165, 1.54) is 45.0 Å². The molecule has 0 aliphatic carbocycles. The molecular weight excluding hydrogens is 306 g/mol. The van der Waals surface area contributed by atoms with Crippen molar-refractivity contribution < 1.29 is 24.0 Å². The Morgan fingerprint density at radius 3 is 2.48 bits per heavy atom. The number of benzene rings is 1. The fraction of sp³-hybridized carbons (Fsp3) is 0.357. The molecule has 0 saturated heterocycles. The molecule has 0 radical (unpaired) electrons. The first-order valence-electron chi connectivity index (χ1n) is 6.73. The monoisotopic (exact) mass is 323 g/mol. The molecule has 0 spiro atoms. The van der Waals surface area contributed by atoms with E-state index < -0.39 is 34.9 Å². The van der Waals surface area contributed by atoms with E-state index in [0.717, 1.165) is 0 Å². The van der Waals surface area contributed by atoms with Crippen molar-refractivity contribution >= 4 is 29.2 Å². The van der Waals surface area contributed by atoms with E-state index in [4.69, 9.17) is 4.74 Å². The molecule has 0 aliphatic rings. The average Bonchev–Trinajstić information content (AvgIpc) is 2.46. The highest BCUT2D eigenvalue weighted by molar-refractivity contribution is 5.95. The summed E-state index contributed by atoms with van der Waals surface area (Å²) < 4.78 is 4.93. The van der Waals surface area contributed by atoms with Crippen LogP contribution in [0.15, 0.2) is 24.3 Å². The first-order chi connectivity index (χ1) is 10.7. The third kappa shape index (κ3) is 5.73. The maximum atomic E-state index is 11.9. The van der Waals surface area contributed by atoms with E-state index in [0.29, 0.717) is 0 Å². The van der Waals surface area contributed by atoms with Crippen LogP contribution in [0.3, 0.4) is 0 Å². The van der Waals surface area contributed by atoms with Gasteiger partial charge in [-0.15, -0.1) is 0 Å². The van der Waals surface area contributed by atoms with Crippen molar-refractivity contribution in [3.05, 3.63) is 34.4 Å². The first kappa shape index (κ1) is 18.1. The van der Waals surface area contributed by atoms with Crippen LogP contribution in [-0.2, 0) is 19.1 Å². The first-order valence-corrected chi connectivity index (χ1v) is 6.73. The molecule has 0 aromatic heterocycles. The molecule has 2 N–H and O–H groups in total. The number of ether oxygens (including phenoxy) is 1. The number of hydrogen-bond acceptors (Lipinski definition) is 6. The molecule has 2 amide bonds. The molecule has 9 heteroatoms. The van der Waals surface area contributed by atoms with Crippen molar-refractivity contribution in [1.82, 2.24) is 5.32 Å². The number of hydrogen-bond donors (Lipinski definition) is 2. The van der Waals surface area contributed by atoms with Crippen molar-refractivity contribution in [1.29, 1.82) is 0 Å². The predicted molar refractivity (Wildman–Crippen MR) is 80.6 cm³/mol. The summed E-state index contributed by atoms with van der Waals surface area (Å²) in [6.45, 7) is 4.03. The fourth-order valence-corrected chi connectivity index (χ4v) is 1.63. The standard InChI is InChI=1S/C14H17N3O6/c1-8(15-10(3)18)14(20)23-9(2)13(19)16-11-5-4-6-12(7-11)17(21)22/h4-9H,1-3H3,(H,15,18)(H,16,19)/t8-,9-/m1/s1. The smallest absolute Gasteiger partial charge is 0.329 e. The third-order valence-electron chi connectivity index (χ3n) is 2.76. The third-order valence-corrected chi connectivity index (χ3v) is 2.76. The van der Waals surface area contributed by atoms with Gasteiger partial charge in [0.15, 0.2) is 6.10 Å². The van der Waals surface area contributed by atoms with Gasteiger partial charge in [0, 0.05) is 24.7 Å². The zero-order valence-corrected chi connectivity index (χ0v) is 12.9. The Kier molecular flexibility index (Phi) is 6.19. The van der Waals surface area contributed by atoms with Crippen molar-refractivity contribution in [3.63, 3.8) is 0 Å². The Morgan fingerprint density at radius 2 is 1.91 bits per heavy atom. The maximum Gasteiger partial charge on any atom is 0.329 e. The number of carbonyl (C=O) groups is 3. The lowest BCUT2D eigenvalue weighted by molar-refractivity contribution is -0.384. The van der Waals surface area contributed by atoms with E-state index in [2.05, 4.69) is 10.6 Å². The number of non-ortho nitro benzene ring substituents is 1. The molecule has 1 aromatic carbocycles. The minimum Gasteiger partial charge on any atom is -0.451 e. The van der Waals surface area contributed by atoms with Gasteiger partial charge in [-0.25, -0.2) is 4.79 Å². The van der Waals surface area contributed by atoms with Gasteiger partial charge in [0.1, 0.15) is 6.04 Å². The van der Waals surface area contributed by atoms with Gasteiger partial charge in [0.25, 0.3) is 11.6 Å². The highest BCUT2D eigenvalue weighted by Crippen LogP contribution is 2.17. The molecule has 1 aromatic rings. The molecule has 124 valence electrons. The van der Waals surface area contributed by atoms with Crippen LogP contribution in [0, 0.1) is 10.1 Å². The zero-order valence-electron chi connectivity index (χ0n) is 12.9. The van der Waals surface area contributed by atoms with Crippen LogP contribution in [0.1, 0.15) is 20.8 Å². The van der Waals surface area contributed by atoms with Gasteiger partial charge < -0.3 is 15.4 Å². The summed E-state index contributed by atoms with van der Waals surface area (Å²) in [5.74, 6) is -1.81. The number of nitro groups is 1. The van der Waals surface area contributed by atoms with Gasteiger partial charge in [-0.3, -0.25) is 19.7 Å². The number of amides is 2. The van der Waals surface area contributed by atoms with E-state index in [1.54, 1.807) is 0 Å². The van der Waals surface area contributed by atoms with E-state index >= 15 is 0 Å². The van der Waals surface area contributed by atoms with Crippen LogP contribution < -0.4 is 10.6 Å². The molecule has 0 aliphatic heterocycles. The number of nitrogens with one attached hydrogen (secondary N) is 2. The lowest BCUT2D eigenvalue weighted by Crippen LogP contribution is -2.41. The van der Waals surface area contributed by atoms with E-state index in [1.807, 2.05) is 0 Å². The van der Waals surface area contributed by atoms with Gasteiger partial charge in [0.2, 0.25) is 5.91 Å². The fourth-order valence-electron chi connectivity index (χ4n) is 1.63. The van der Waals surface area contributed by atoms with Crippen LogP contribution in [0.2, 0.25) is 0 Å². The van der Waals surface area contributed by atoms with Crippen LogP contribution in [0.4, 0.5) is 11.4 Å². The molecule has 0 heterocycles. The average molecular weight is 323 g/mol. The van der Waals surface area contributed by atoms with Crippen molar-refractivity contribution in [3.8, 4) is 0 Å². The number of esters is 1. The van der Waals surface area contributed by atoms with Crippen LogP contribution in [-0.4, -0.2) is 34.9 Å². The van der Waals surface area contributed by atoms with Gasteiger partial charge in [0.05, 0.1) is 4.92 Å². The summed E-state index contributed by atoms with van der Waals surface area (Å²) in [6.07, 6.45) is -1.13. The number of nitro benzene ring substituents is 1. The SMILES string of the molecule is CC(=O)N[C@H](C)C(=O)O[C@H](C)C(=O)Nc1cccc([N+](=O)[O-])c1. The molecular formula is C14H17N3O6. The van der Waals surface area contributed by atoms with Gasteiger partial charge in [-0.1, -0.05) is 6.07 Å². The van der Waals surface area contributed by atoms with Crippen molar-refractivity contribution in [2.45, 2.75) is 32.9 Å². The molecule has 0 bridgehead atoms. The molecule has 9 nitrogen and oxygen atoms in total. The number of rotatable bonds is 6. The van der Waals surface area contributed by atoms with Gasteiger partial charge >= 0.3 is 5.97 Å². The minimum absolute atomic E-state index is 0.174. The zero-order chi connectivity index (χ0) is 17.6. The second kappa shape index (κ2) is 7.87. The number of nitrogens with zero attached hydrogens (tertiary/aromatic N) is 1. The lowest BCUT2D eigenvalue weighted by atomic mass is 10.2. The Morgan fingerprint density at radius 1 is 1.26 bits per heavy atom. The second-order valence-electron chi connectivity index (χ2n) is 4.80. The van der Waals surface area contributed by atoms with Crippen LogP contribution in [0.5, 0.6) is 0 Å². The van der Waals surface area contributed by atoms with E-state index in [-0.39, 0.29) is 11.4 Å². The highest BCUT2D eigenvalue weighted by atomic mass is 16.6. The molecule has 1 rings (SSSR count). The van der Waals surface area contributed by atoms with Crippen LogP contribution in [0.25, 0.3) is 0 Å². The summed E-state index contributed by atoms with van der Waals surface area (Å²) in [4.78, 5) is 44.5. The largest absolute Gasteiger partial charge is 0.451 e. The lowest BCUT2D eigenvalue weighted by Gasteiger charge is -2.17. The van der Waals surface area contributed by atoms with Crippen molar-refractivity contribution in [2.75, 3.05) is 5.32 Å². The molecule has 23 heavy (non-hydrogen) atoms. The Bertz CT molecular complexity index is 631. The topological polar surface area (TPSA) is 128 Å². The summed E-state index contributed by atoms with van der Waals surface area (Å²) in [5, 5.41) is 15.4. The summed E-state index contributed by atoms with van der Waals surface area (Å²) in [5.41, 5.74) is 0.0359.